The molecule has 0 amide bonds. The maximum atomic E-state index is 12.1. The van der Waals surface area contributed by atoms with Crippen molar-refractivity contribution in [2.75, 3.05) is 26.2 Å². The van der Waals surface area contributed by atoms with Gasteiger partial charge < -0.3 is 4.90 Å². The minimum Gasteiger partial charge on any atom is -0.369 e. The topological polar surface area (TPSA) is 66.4 Å². The molecule has 32 heavy (non-hydrogen) atoms. The second kappa shape index (κ2) is 9.33. The Morgan fingerprint density at radius 3 is 2.16 bits per heavy atom. The molecule has 8 rings (SSSR count). The van der Waals surface area contributed by atoms with Crippen molar-refractivity contribution in [3.05, 3.63) is 65.9 Å². The number of piperidine rings is 6. The lowest BCUT2D eigenvalue weighted by molar-refractivity contribution is -0.136. The number of pyridine rings is 2. The predicted octanol–water partition coefficient (Wildman–Crippen LogP) is 3.00. The van der Waals surface area contributed by atoms with E-state index in [2.05, 4.69) is 25.8 Å². The van der Waals surface area contributed by atoms with Gasteiger partial charge in [0.05, 0.1) is 11.7 Å². The number of rotatable bonds is 3. The van der Waals surface area contributed by atoms with Crippen LogP contribution in [0.15, 0.2) is 54.7 Å². The number of carbonyl (C=O) groups excluding carboxylic acids is 2. The second-order valence-corrected chi connectivity index (χ2v) is 9.24. The van der Waals surface area contributed by atoms with E-state index in [1.165, 1.54) is 5.56 Å². The Balaban J connectivity index is 0.000000135. The van der Waals surface area contributed by atoms with E-state index in [0.717, 1.165) is 69.5 Å². The fraction of sp³-hybridized carbons (Fsp3) is 0.462. The van der Waals surface area contributed by atoms with Crippen molar-refractivity contribution in [1.29, 1.82) is 0 Å². The van der Waals surface area contributed by atoms with Gasteiger partial charge in [0.25, 0.3) is 0 Å². The zero-order valence-electron chi connectivity index (χ0n) is 18.4. The van der Waals surface area contributed by atoms with E-state index in [1.807, 2.05) is 30.5 Å². The zero-order chi connectivity index (χ0) is 21.9. The summed E-state index contributed by atoms with van der Waals surface area (Å²) in [6, 6.07) is 8.00. The lowest BCUT2D eigenvalue weighted by atomic mass is 9.80. The lowest BCUT2D eigenvalue weighted by Crippen LogP contribution is -2.56. The summed E-state index contributed by atoms with van der Waals surface area (Å²) in [4.78, 5) is 36.9. The normalized spacial score (nSPS) is 28.1. The second-order valence-electron chi connectivity index (χ2n) is 9.24. The van der Waals surface area contributed by atoms with Crippen LogP contribution in [0.1, 0.15) is 36.8 Å². The van der Waals surface area contributed by atoms with Gasteiger partial charge in [0.2, 0.25) is 0 Å². The molecule has 1 unspecified atom stereocenters. The molecule has 0 spiro atoms. The number of fused-ring (bicyclic) bond motifs is 6. The van der Waals surface area contributed by atoms with Crippen LogP contribution in [0.3, 0.4) is 0 Å². The molecule has 0 N–H and O–H groups in total. The fourth-order valence-electron chi connectivity index (χ4n) is 5.45. The first kappa shape index (κ1) is 21.0. The summed E-state index contributed by atoms with van der Waals surface area (Å²) in [6.07, 6.45) is 14.2. The number of Topliss-reactive ketones (excluding diaryl/α,β-unsaturated/α-hetero) is 2. The minimum absolute atomic E-state index is 0.122. The molecule has 8 heterocycles. The quantitative estimate of drug-likeness (QED) is 0.698. The zero-order valence-corrected chi connectivity index (χ0v) is 18.4. The van der Waals surface area contributed by atoms with Gasteiger partial charge in [-0.25, -0.2) is 0 Å². The molecule has 0 aromatic carbocycles. The molecule has 0 saturated carbocycles. The summed E-state index contributed by atoms with van der Waals surface area (Å²) in [7, 11) is 0. The standard InChI is InChI=1S/C13H16N2O.C13H14N2O/c2*16-13-11-3-6-15(7-4-11)12(13)8-10-2-1-5-14-9-10/h1-2,5,9,11-12H,3-4,6-8H2;1-2,5,8-9,11H,3-4,6-7H2/b;12-8-. The highest BCUT2D eigenvalue weighted by Crippen LogP contribution is 2.32. The number of allylic oxidation sites excluding steroid dienone is 1. The van der Waals surface area contributed by atoms with Crippen LogP contribution in [0, 0.1) is 11.8 Å². The Kier molecular flexibility index (Phi) is 6.12. The highest BCUT2D eigenvalue weighted by molar-refractivity contribution is 6.01. The van der Waals surface area contributed by atoms with Gasteiger partial charge in [-0.3, -0.25) is 24.5 Å². The van der Waals surface area contributed by atoms with Crippen LogP contribution in [-0.2, 0) is 16.0 Å². The Hall–Kier alpha value is -2.86. The third kappa shape index (κ3) is 4.37. The van der Waals surface area contributed by atoms with Crippen molar-refractivity contribution in [1.82, 2.24) is 19.8 Å². The van der Waals surface area contributed by atoms with Crippen molar-refractivity contribution < 1.29 is 9.59 Å². The van der Waals surface area contributed by atoms with Gasteiger partial charge >= 0.3 is 0 Å². The molecule has 4 bridgehead atoms. The summed E-state index contributed by atoms with van der Waals surface area (Å²) in [5, 5.41) is 0. The molecule has 2 aromatic heterocycles. The van der Waals surface area contributed by atoms with Gasteiger partial charge in [0, 0.05) is 49.7 Å². The van der Waals surface area contributed by atoms with E-state index >= 15 is 0 Å². The molecular weight excluding hydrogens is 400 g/mol. The van der Waals surface area contributed by atoms with E-state index in [1.54, 1.807) is 18.6 Å². The average Bonchev–Trinajstić information content (AvgIpc) is 2.86. The minimum atomic E-state index is 0.122. The number of hydrogen-bond acceptors (Lipinski definition) is 6. The van der Waals surface area contributed by atoms with Gasteiger partial charge in [0.1, 0.15) is 0 Å². The van der Waals surface area contributed by atoms with E-state index < -0.39 is 0 Å². The fourth-order valence-corrected chi connectivity index (χ4v) is 5.45. The third-order valence-electron chi connectivity index (χ3n) is 7.30. The van der Waals surface area contributed by atoms with Gasteiger partial charge in [-0.1, -0.05) is 12.1 Å². The van der Waals surface area contributed by atoms with Crippen LogP contribution < -0.4 is 0 Å². The van der Waals surface area contributed by atoms with Crippen molar-refractivity contribution in [3.63, 3.8) is 0 Å². The van der Waals surface area contributed by atoms with Gasteiger partial charge in [0.15, 0.2) is 11.6 Å². The average molecular weight is 431 g/mol. The number of carbonyl (C=O) groups is 2. The monoisotopic (exact) mass is 430 g/mol. The SMILES string of the molecule is O=C1/C(=C/c2cccnc2)N2CCC1CC2.O=C1C2CCN(CC2)C1Cc1cccnc1. The van der Waals surface area contributed by atoms with Crippen LogP contribution in [0.4, 0.5) is 0 Å². The van der Waals surface area contributed by atoms with E-state index in [-0.39, 0.29) is 12.0 Å². The first-order valence-electron chi connectivity index (χ1n) is 11.8. The van der Waals surface area contributed by atoms with E-state index in [4.69, 9.17) is 0 Å². The summed E-state index contributed by atoms with van der Waals surface area (Å²) >= 11 is 0. The molecule has 6 saturated heterocycles. The number of hydrogen-bond donors (Lipinski definition) is 0. The highest BCUT2D eigenvalue weighted by atomic mass is 16.1. The van der Waals surface area contributed by atoms with E-state index in [0.29, 0.717) is 17.5 Å². The Labute approximate surface area is 189 Å². The van der Waals surface area contributed by atoms with Gasteiger partial charge in [-0.05, 0) is 74.5 Å². The Bertz CT molecular complexity index is 975. The van der Waals surface area contributed by atoms with Crippen LogP contribution in [0.25, 0.3) is 6.08 Å². The molecule has 6 aliphatic rings. The lowest BCUT2D eigenvalue weighted by Gasteiger charge is -2.44. The molecule has 6 nitrogen and oxygen atoms in total. The summed E-state index contributed by atoms with van der Waals surface area (Å²) in [5.74, 6) is 1.39. The Morgan fingerprint density at radius 1 is 0.875 bits per heavy atom. The maximum Gasteiger partial charge on any atom is 0.182 e. The van der Waals surface area contributed by atoms with Gasteiger partial charge in [-0.2, -0.15) is 0 Å². The molecule has 1 atom stereocenters. The molecule has 0 aliphatic carbocycles. The third-order valence-corrected chi connectivity index (χ3v) is 7.30. The largest absolute Gasteiger partial charge is 0.369 e. The number of ketones is 2. The predicted molar refractivity (Wildman–Crippen MR) is 123 cm³/mol. The van der Waals surface area contributed by atoms with Crippen molar-refractivity contribution in [2.45, 2.75) is 38.1 Å². The first-order valence-corrected chi connectivity index (χ1v) is 11.8. The molecular formula is C26H30N4O2. The van der Waals surface area contributed by atoms with Crippen molar-refractivity contribution in [2.24, 2.45) is 11.8 Å². The molecule has 0 radical (unpaired) electrons. The highest BCUT2D eigenvalue weighted by Gasteiger charge is 2.40. The first-order chi connectivity index (χ1) is 15.7. The molecule has 6 heteroatoms. The van der Waals surface area contributed by atoms with Crippen LogP contribution in [-0.4, -0.2) is 63.6 Å². The van der Waals surface area contributed by atoms with Crippen molar-refractivity contribution in [3.8, 4) is 0 Å². The number of aromatic nitrogens is 2. The molecule has 6 fully saturated rings. The smallest absolute Gasteiger partial charge is 0.182 e. The van der Waals surface area contributed by atoms with Crippen molar-refractivity contribution >= 4 is 17.6 Å². The van der Waals surface area contributed by atoms with Gasteiger partial charge in [-0.15, -0.1) is 0 Å². The maximum absolute atomic E-state index is 12.1. The molecule has 166 valence electrons. The van der Waals surface area contributed by atoms with Crippen LogP contribution >= 0.6 is 0 Å². The van der Waals surface area contributed by atoms with Crippen LogP contribution in [0.2, 0.25) is 0 Å². The summed E-state index contributed by atoms with van der Waals surface area (Å²) in [6.45, 7) is 4.26. The molecule has 2 aromatic rings. The molecule has 6 aliphatic heterocycles. The number of nitrogens with zero attached hydrogens (tertiary/aromatic N) is 4. The summed E-state index contributed by atoms with van der Waals surface area (Å²) in [5.41, 5.74) is 3.07. The summed E-state index contributed by atoms with van der Waals surface area (Å²) < 4.78 is 0. The van der Waals surface area contributed by atoms with Crippen LogP contribution in [0.5, 0.6) is 0 Å². The Morgan fingerprint density at radius 2 is 1.56 bits per heavy atom. The van der Waals surface area contributed by atoms with E-state index in [9.17, 15) is 9.59 Å².